The molecule has 1 aromatic rings. The average molecular weight is 415 g/mol. The van der Waals surface area contributed by atoms with E-state index in [1.807, 2.05) is 4.90 Å². The molecule has 2 fully saturated rings. The van der Waals surface area contributed by atoms with Crippen molar-refractivity contribution in [3.05, 3.63) is 17.0 Å². The highest BCUT2D eigenvalue weighted by molar-refractivity contribution is 7.91. The van der Waals surface area contributed by atoms with E-state index < -0.39 is 15.9 Å². The number of hydrogen-bond acceptors (Lipinski definition) is 6. The molecule has 0 radical (unpaired) electrons. The number of thiophene rings is 1. The van der Waals surface area contributed by atoms with Gasteiger partial charge in [-0.25, -0.2) is 8.42 Å². The van der Waals surface area contributed by atoms with Gasteiger partial charge in [0.15, 0.2) is 0 Å². The Morgan fingerprint density at radius 3 is 2.63 bits per heavy atom. The predicted molar refractivity (Wildman–Crippen MR) is 102 cm³/mol. The Kier molecular flexibility index (Phi) is 6.54. The Morgan fingerprint density at radius 1 is 1.19 bits per heavy atom. The van der Waals surface area contributed by atoms with Crippen molar-refractivity contribution in [2.45, 2.75) is 43.2 Å². The maximum absolute atomic E-state index is 13.0. The van der Waals surface area contributed by atoms with Crippen molar-refractivity contribution < 1.29 is 22.7 Å². The minimum absolute atomic E-state index is 0.0543. The molecule has 0 N–H and O–H groups in total. The molecule has 150 valence electrons. The van der Waals surface area contributed by atoms with Gasteiger partial charge in [0.05, 0.1) is 18.9 Å². The Morgan fingerprint density at radius 2 is 1.93 bits per heavy atom. The number of sulfonamides is 1. The van der Waals surface area contributed by atoms with Crippen LogP contribution in [0.1, 0.15) is 37.5 Å². The minimum atomic E-state index is -3.66. The van der Waals surface area contributed by atoms with Gasteiger partial charge >= 0.3 is 5.97 Å². The highest BCUT2D eigenvalue weighted by atomic mass is 32.2. The molecule has 3 heterocycles. The first kappa shape index (κ1) is 20.3. The number of nitrogens with zero attached hydrogens (tertiary/aromatic N) is 2. The summed E-state index contributed by atoms with van der Waals surface area (Å²) >= 11 is 1.15. The molecule has 7 nitrogen and oxygen atoms in total. The minimum Gasteiger partial charge on any atom is -0.466 e. The lowest BCUT2D eigenvalue weighted by Crippen LogP contribution is -2.42. The van der Waals surface area contributed by atoms with Crippen molar-refractivity contribution in [2.24, 2.45) is 5.92 Å². The van der Waals surface area contributed by atoms with Gasteiger partial charge in [0, 0.05) is 31.1 Å². The molecule has 1 amide bonds. The second kappa shape index (κ2) is 8.70. The number of esters is 1. The van der Waals surface area contributed by atoms with Crippen LogP contribution >= 0.6 is 11.3 Å². The molecular formula is C18H26N2O5S2. The molecule has 2 aliphatic heterocycles. The van der Waals surface area contributed by atoms with Crippen molar-refractivity contribution >= 4 is 33.2 Å². The first-order chi connectivity index (χ1) is 12.9. The molecule has 0 spiro atoms. The second-order valence-electron chi connectivity index (χ2n) is 6.94. The van der Waals surface area contributed by atoms with Gasteiger partial charge in [0.2, 0.25) is 5.91 Å². The summed E-state index contributed by atoms with van der Waals surface area (Å²) in [5, 5.41) is 0. The summed E-state index contributed by atoms with van der Waals surface area (Å²) in [6.45, 7) is 4.17. The van der Waals surface area contributed by atoms with E-state index in [-0.39, 0.29) is 29.1 Å². The fourth-order valence-electron chi connectivity index (χ4n) is 3.56. The second-order valence-corrected chi connectivity index (χ2v) is 10.3. The molecule has 2 saturated heterocycles. The molecule has 2 aliphatic rings. The number of likely N-dealkylation sites (tertiary alicyclic amines) is 1. The van der Waals surface area contributed by atoms with Gasteiger partial charge in [-0.1, -0.05) is 0 Å². The fraction of sp³-hybridized carbons (Fsp3) is 0.667. The van der Waals surface area contributed by atoms with Crippen LogP contribution in [0.5, 0.6) is 0 Å². The fourth-order valence-corrected chi connectivity index (χ4v) is 6.58. The van der Waals surface area contributed by atoms with E-state index in [4.69, 9.17) is 4.74 Å². The van der Waals surface area contributed by atoms with Crippen LogP contribution in [0.3, 0.4) is 0 Å². The van der Waals surface area contributed by atoms with Gasteiger partial charge in [0.1, 0.15) is 4.21 Å². The average Bonchev–Trinajstić information content (AvgIpc) is 3.34. The molecule has 9 heteroatoms. The highest BCUT2D eigenvalue weighted by Gasteiger charge is 2.34. The van der Waals surface area contributed by atoms with Gasteiger partial charge in [-0.15, -0.1) is 11.3 Å². The van der Waals surface area contributed by atoms with E-state index in [0.717, 1.165) is 42.1 Å². The number of rotatable bonds is 6. The van der Waals surface area contributed by atoms with Crippen molar-refractivity contribution in [1.29, 1.82) is 0 Å². The summed E-state index contributed by atoms with van der Waals surface area (Å²) in [7, 11) is -3.66. The van der Waals surface area contributed by atoms with Crippen LogP contribution in [0, 0.1) is 5.92 Å². The molecule has 3 rings (SSSR count). The van der Waals surface area contributed by atoms with E-state index in [1.54, 1.807) is 19.1 Å². The molecule has 0 aromatic carbocycles. The summed E-state index contributed by atoms with van der Waals surface area (Å²) < 4.78 is 32.6. The number of piperidine rings is 1. The molecule has 0 unspecified atom stereocenters. The van der Waals surface area contributed by atoms with Crippen LogP contribution in [0.2, 0.25) is 0 Å². The van der Waals surface area contributed by atoms with E-state index in [0.29, 0.717) is 26.0 Å². The van der Waals surface area contributed by atoms with Crippen molar-refractivity contribution in [1.82, 2.24) is 9.21 Å². The van der Waals surface area contributed by atoms with Gasteiger partial charge in [0.25, 0.3) is 10.0 Å². The quantitative estimate of drug-likeness (QED) is 0.664. The standard InChI is InChI=1S/C18H26N2O5S2/c1-2-25-18(22)14-6-5-11-20(13-14)27(23,24)17-8-7-15(26-17)12-16(21)19-9-3-4-10-19/h7-8,14H,2-6,9-13H2,1H3/t14-/m1/s1. The Labute approximate surface area is 164 Å². The molecule has 27 heavy (non-hydrogen) atoms. The zero-order chi connectivity index (χ0) is 19.4. The van der Waals surface area contributed by atoms with E-state index in [9.17, 15) is 18.0 Å². The van der Waals surface area contributed by atoms with Crippen LogP contribution < -0.4 is 0 Å². The summed E-state index contributed by atoms with van der Waals surface area (Å²) in [5.74, 6) is -0.691. The number of carbonyl (C=O) groups is 2. The topological polar surface area (TPSA) is 84.0 Å². The molecule has 1 atom stereocenters. The lowest BCUT2D eigenvalue weighted by molar-refractivity contribution is -0.149. The zero-order valence-corrected chi connectivity index (χ0v) is 17.2. The Hall–Kier alpha value is -1.45. The van der Waals surface area contributed by atoms with Crippen molar-refractivity contribution in [2.75, 3.05) is 32.8 Å². The Balaban J connectivity index is 1.67. The molecule has 0 aliphatic carbocycles. The summed E-state index contributed by atoms with van der Waals surface area (Å²) in [5.41, 5.74) is 0. The van der Waals surface area contributed by atoms with Crippen LogP contribution in [0.4, 0.5) is 0 Å². The largest absolute Gasteiger partial charge is 0.466 e. The first-order valence-electron chi connectivity index (χ1n) is 9.45. The van der Waals surface area contributed by atoms with Gasteiger partial charge in [-0.05, 0) is 44.7 Å². The third kappa shape index (κ3) is 4.70. The van der Waals surface area contributed by atoms with Crippen molar-refractivity contribution in [3.63, 3.8) is 0 Å². The van der Waals surface area contributed by atoms with Gasteiger partial charge in [-0.3, -0.25) is 9.59 Å². The smallest absolute Gasteiger partial charge is 0.310 e. The zero-order valence-electron chi connectivity index (χ0n) is 15.6. The lowest BCUT2D eigenvalue weighted by atomic mass is 10.0. The number of amides is 1. The first-order valence-corrected chi connectivity index (χ1v) is 11.7. The molecular weight excluding hydrogens is 388 g/mol. The monoisotopic (exact) mass is 414 g/mol. The third-order valence-electron chi connectivity index (χ3n) is 5.02. The SMILES string of the molecule is CCOC(=O)[C@@H]1CCCN(S(=O)(=O)c2ccc(CC(=O)N3CCCC3)s2)C1. The maximum Gasteiger partial charge on any atom is 0.310 e. The van der Waals surface area contributed by atoms with E-state index in [1.165, 1.54) is 4.31 Å². The van der Waals surface area contributed by atoms with E-state index >= 15 is 0 Å². The number of ether oxygens (including phenoxy) is 1. The maximum atomic E-state index is 13.0. The van der Waals surface area contributed by atoms with E-state index in [2.05, 4.69) is 0 Å². The predicted octanol–water partition coefficient (Wildman–Crippen LogP) is 1.88. The molecule has 0 saturated carbocycles. The summed E-state index contributed by atoms with van der Waals surface area (Å²) in [6, 6.07) is 3.29. The molecule has 0 bridgehead atoms. The third-order valence-corrected chi connectivity index (χ3v) is 8.44. The highest BCUT2D eigenvalue weighted by Crippen LogP contribution is 2.29. The summed E-state index contributed by atoms with van der Waals surface area (Å²) in [4.78, 5) is 26.8. The Bertz CT molecular complexity index is 783. The van der Waals surface area contributed by atoms with Crippen LogP contribution in [-0.4, -0.2) is 62.3 Å². The number of carbonyl (C=O) groups excluding carboxylic acids is 2. The van der Waals surface area contributed by atoms with Crippen LogP contribution in [0.25, 0.3) is 0 Å². The number of hydrogen-bond donors (Lipinski definition) is 0. The van der Waals surface area contributed by atoms with Gasteiger partial charge < -0.3 is 9.64 Å². The van der Waals surface area contributed by atoms with Gasteiger partial charge in [-0.2, -0.15) is 4.31 Å². The molecule has 1 aromatic heterocycles. The van der Waals surface area contributed by atoms with Crippen LogP contribution in [0.15, 0.2) is 16.3 Å². The van der Waals surface area contributed by atoms with Crippen LogP contribution in [-0.2, 0) is 30.8 Å². The summed E-state index contributed by atoms with van der Waals surface area (Å²) in [6.07, 6.45) is 3.59. The normalized spacial score (nSPS) is 21.4. The van der Waals surface area contributed by atoms with Crippen molar-refractivity contribution in [3.8, 4) is 0 Å². The lowest BCUT2D eigenvalue weighted by Gasteiger charge is -2.30.